The van der Waals surface area contributed by atoms with Crippen LogP contribution in [0.15, 0.2) is 18.2 Å². The SMILES string of the molecule is CC(C)CCCCCCNc1cccc2c1C(=O)N(C1CCC(=O)NC1=O)C2=O. The Hall–Kier alpha value is -2.70. The number of amides is 4. The summed E-state index contributed by atoms with van der Waals surface area (Å²) in [6, 6.07) is 4.20. The van der Waals surface area contributed by atoms with Gasteiger partial charge in [-0.15, -0.1) is 0 Å². The van der Waals surface area contributed by atoms with Crippen LogP contribution in [0.3, 0.4) is 0 Å². The van der Waals surface area contributed by atoms with Gasteiger partial charge in [0.15, 0.2) is 0 Å². The van der Waals surface area contributed by atoms with Crippen LogP contribution in [0.2, 0.25) is 0 Å². The molecule has 7 nitrogen and oxygen atoms in total. The van der Waals surface area contributed by atoms with Gasteiger partial charge in [0, 0.05) is 18.7 Å². The third-order valence-corrected chi connectivity index (χ3v) is 5.49. The van der Waals surface area contributed by atoms with Gasteiger partial charge in [-0.25, -0.2) is 0 Å². The molecular weight excluding hydrogens is 370 g/mol. The van der Waals surface area contributed by atoms with Gasteiger partial charge in [0.1, 0.15) is 6.04 Å². The molecule has 2 aliphatic heterocycles. The monoisotopic (exact) mass is 399 g/mol. The zero-order valence-corrected chi connectivity index (χ0v) is 17.1. The Morgan fingerprint density at radius 1 is 1.07 bits per heavy atom. The smallest absolute Gasteiger partial charge is 0.264 e. The second-order valence-electron chi connectivity index (χ2n) is 8.20. The molecule has 0 radical (unpaired) electrons. The Labute approximate surface area is 171 Å². The van der Waals surface area contributed by atoms with Crippen molar-refractivity contribution in [3.05, 3.63) is 29.3 Å². The molecule has 7 heteroatoms. The van der Waals surface area contributed by atoms with Crippen molar-refractivity contribution in [2.45, 2.75) is 64.8 Å². The number of rotatable bonds is 9. The molecule has 1 aromatic carbocycles. The number of piperidine rings is 1. The van der Waals surface area contributed by atoms with Crippen molar-refractivity contribution in [2.75, 3.05) is 11.9 Å². The minimum Gasteiger partial charge on any atom is -0.384 e. The van der Waals surface area contributed by atoms with Gasteiger partial charge in [-0.3, -0.25) is 29.4 Å². The predicted octanol–water partition coefficient (Wildman–Crippen LogP) is 3.11. The lowest BCUT2D eigenvalue weighted by atomic mass is 10.0. The van der Waals surface area contributed by atoms with Crippen LogP contribution < -0.4 is 10.6 Å². The van der Waals surface area contributed by atoms with Crippen molar-refractivity contribution in [1.82, 2.24) is 10.2 Å². The van der Waals surface area contributed by atoms with Crippen LogP contribution in [-0.2, 0) is 9.59 Å². The number of carbonyl (C=O) groups excluding carboxylic acids is 4. The van der Waals surface area contributed by atoms with Crippen LogP contribution in [0, 0.1) is 5.92 Å². The molecule has 156 valence electrons. The Morgan fingerprint density at radius 3 is 2.55 bits per heavy atom. The molecule has 0 aliphatic carbocycles. The van der Waals surface area contributed by atoms with Crippen LogP contribution in [-0.4, -0.2) is 41.1 Å². The topological polar surface area (TPSA) is 95.6 Å². The molecule has 2 aliphatic rings. The number of hydrogen-bond donors (Lipinski definition) is 2. The van der Waals surface area contributed by atoms with Gasteiger partial charge in [0.2, 0.25) is 11.8 Å². The van der Waals surface area contributed by atoms with Gasteiger partial charge in [-0.1, -0.05) is 45.6 Å². The highest BCUT2D eigenvalue weighted by atomic mass is 16.2. The molecule has 3 rings (SSSR count). The maximum Gasteiger partial charge on any atom is 0.264 e. The minimum absolute atomic E-state index is 0.117. The maximum atomic E-state index is 13.0. The van der Waals surface area contributed by atoms with Gasteiger partial charge in [-0.2, -0.15) is 0 Å². The van der Waals surface area contributed by atoms with Gasteiger partial charge < -0.3 is 5.32 Å². The molecule has 29 heavy (non-hydrogen) atoms. The van der Waals surface area contributed by atoms with Crippen molar-refractivity contribution in [3.8, 4) is 0 Å². The Kier molecular flexibility index (Phi) is 6.67. The summed E-state index contributed by atoms with van der Waals surface area (Å²) >= 11 is 0. The van der Waals surface area contributed by atoms with E-state index in [2.05, 4.69) is 24.5 Å². The summed E-state index contributed by atoms with van der Waals surface area (Å²) in [5.41, 5.74) is 1.25. The fraction of sp³-hybridized carbons (Fsp3) is 0.545. The van der Waals surface area contributed by atoms with Crippen molar-refractivity contribution in [2.24, 2.45) is 5.92 Å². The molecule has 4 amide bonds. The normalized spacial score (nSPS) is 19.0. The first-order chi connectivity index (χ1) is 13.9. The Bertz CT molecular complexity index is 818. The number of hydrogen-bond acceptors (Lipinski definition) is 5. The lowest BCUT2D eigenvalue weighted by molar-refractivity contribution is -0.136. The molecule has 0 aromatic heterocycles. The molecule has 0 bridgehead atoms. The summed E-state index contributed by atoms with van der Waals surface area (Å²) < 4.78 is 0. The standard InChI is InChI=1S/C22H29N3O4/c1-14(2)8-5-3-4-6-13-23-16-10-7-9-15-19(16)22(29)25(21(15)28)17-11-12-18(26)24-20(17)27/h7,9-10,14,17,23H,3-6,8,11-13H2,1-2H3,(H,24,26,27). The summed E-state index contributed by atoms with van der Waals surface area (Å²) in [6.45, 7) is 5.18. The number of carbonyl (C=O) groups is 4. The summed E-state index contributed by atoms with van der Waals surface area (Å²) in [7, 11) is 0. The number of imide groups is 2. The molecule has 1 atom stereocenters. The summed E-state index contributed by atoms with van der Waals surface area (Å²) in [4.78, 5) is 50.3. The van der Waals surface area contributed by atoms with E-state index in [-0.39, 0.29) is 18.7 Å². The molecule has 2 heterocycles. The van der Waals surface area contributed by atoms with E-state index in [1.807, 2.05) is 0 Å². The molecular formula is C22H29N3O4. The van der Waals surface area contributed by atoms with Crippen LogP contribution in [0.4, 0.5) is 5.69 Å². The fourth-order valence-corrected chi connectivity index (χ4v) is 3.92. The number of unbranched alkanes of at least 4 members (excludes halogenated alkanes) is 3. The first-order valence-corrected chi connectivity index (χ1v) is 10.5. The first-order valence-electron chi connectivity index (χ1n) is 10.5. The minimum atomic E-state index is -0.936. The van der Waals surface area contributed by atoms with Crippen LogP contribution in [0.25, 0.3) is 0 Å². The van der Waals surface area contributed by atoms with E-state index in [9.17, 15) is 19.2 Å². The van der Waals surface area contributed by atoms with Crippen LogP contribution in [0.1, 0.15) is 79.5 Å². The highest BCUT2D eigenvalue weighted by Gasteiger charge is 2.45. The van der Waals surface area contributed by atoms with Crippen LogP contribution in [0.5, 0.6) is 0 Å². The van der Waals surface area contributed by atoms with Crippen molar-refractivity contribution >= 4 is 29.3 Å². The van der Waals surface area contributed by atoms with Crippen molar-refractivity contribution in [1.29, 1.82) is 0 Å². The highest BCUT2D eigenvalue weighted by molar-refractivity contribution is 6.25. The number of fused-ring (bicyclic) bond motifs is 1. The zero-order chi connectivity index (χ0) is 21.0. The molecule has 1 fully saturated rings. The molecule has 1 saturated heterocycles. The van der Waals surface area contributed by atoms with Crippen molar-refractivity contribution in [3.63, 3.8) is 0 Å². The number of anilines is 1. The van der Waals surface area contributed by atoms with E-state index < -0.39 is 23.8 Å². The highest BCUT2D eigenvalue weighted by Crippen LogP contribution is 2.32. The number of nitrogens with zero attached hydrogens (tertiary/aromatic N) is 1. The number of nitrogens with one attached hydrogen (secondary N) is 2. The Morgan fingerprint density at radius 2 is 1.83 bits per heavy atom. The number of benzene rings is 1. The maximum absolute atomic E-state index is 13.0. The van der Waals surface area contributed by atoms with Crippen LogP contribution >= 0.6 is 0 Å². The lowest BCUT2D eigenvalue weighted by Gasteiger charge is -2.27. The molecule has 1 aromatic rings. The average molecular weight is 399 g/mol. The van der Waals surface area contributed by atoms with E-state index in [1.54, 1.807) is 18.2 Å². The summed E-state index contributed by atoms with van der Waals surface area (Å²) in [5.74, 6) is -1.18. The molecule has 0 saturated carbocycles. The molecule has 2 N–H and O–H groups in total. The second-order valence-corrected chi connectivity index (χ2v) is 8.20. The van der Waals surface area contributed by atoms with E-state index in [0.29, 0.717) is 16.8 Å². The van der Waals surface area contributed by atoms with Gasteiger partial charge in [0.25, 0.3) is 11.8 Å². The van der Waals surface area contributed by atoms with E-state index >= 15 is 0 Å². The second kappa shape index (κ2) is 9.20. The molecule has 1 unspecified atom stereocenters. The summed E-state index contributed by atoms with van der Waals surface area (Å²) in [6.07, 6.45) is 6.04. The van der Waals surface area contributed by atoms with Crippen molar-refractivity contribution < 1.29 is 19.2 Å². The lowest BCUT2D eigenvalue weighted by Crippen LogP contribution is -2.54. The van der Waals surface area contributed by atoms with Gasteiger partial charge in [-0.05, 0) is 30.9 Å². The van der Waals surface area contributed by atoms with E-state index in [4.69, 9.17) is 0 Å². The van der Waals surface area contributed by atoms with E-state index in [1.165, 1.54) is 19.3 Å². The summed E-state index contributed by atoms with van der Waals surface area (Å²) in [5, 5.41) is 5.50. The molecule has 0 spiro atoms. The zero-order valence-electron chi connectivity index (χ0n) is 17.1. The van der Waals surface area contributed by atoms with Gasteiger partial charge in [0.05, 0.1) is 11.1 Å². The first kappa shape index (κ1) is 21.0. The largest absolute Gasteiger partial charge is 0.384 e. The van der Waals surface area contributed by atoms with E-state index in [0.717, 1.165) is 30.2 Å². The predicted molar refractivity (Wildman–Crippen MR) is 110 cm³/mol. The van der Waals surface area contributed by atoms with Gasteiger partial charge >= 0.3 is 0 Å². The third kappa shape index (κ3) is 4.66. The quantitative estimate of drug-likeness (QED) is 0.491. The fourth-order valence-electron chi connectivity index (χ4n) is 3.92. The third-order valence-electron chi connectivity index (χ3n) is 5.49. The average Bonchev–Trinajstić information content (AvgIpc) is 2.92. The Balaban J connectivity index is 1.62.